The van der Waals surface area contributed by atoms with Crippen molar-refractivity contribution in [1.29, 1.82) is 0 Å². The smallest absolute Gasteiger partial charge is 0.0441 e. The van der Waals surface area contributed by atoms with Gasteiger partial charge in [0.1, 0.15) is 0 Å². The second-order valence-electron chi connectivity index (χ2n) is 5.61. The summed E-state index contributed by atoms with van der Waals surface area (Å²) in [6, 6.07) is 8.20. The Labute approximate surface area is 98.7 Å². The summed E-state index contributed by atoms with van der Waals surface area (Å²) in [5, 5.41) is 0.895. The molecule has 1 aromatic carbocycles. The Morgan fingerprint density at radius 3 is 2.00 bits per heavy atom. The van der Waals surface area contributed by atoms with E-state index in [1.807, 2.05) is 12.1 Å². The van der Waals surface area contributed by atoms with Crippen LogP contribution in [0.4, 0.5) is 0 Å². The lowest BCUT2D eigenvalue weighted by Gasteiger charge is -2.35. The molecule has 0 spiro atoms. The normalized spacial score (nSPS) is 14.3. The van der Waals surface area contributed by atoms with Crippen molar-refractivity contribution in [2.24, 2.45) is 11.3 Å². The molecule has 0 aliphatic heterocycles. The van der Waals surface area contributed by atoms with Gasteiger partial charge in [0.15, 0.2) is 0 Å². The summed E-state index contributed by atoms with van der Waals surface area (Å²) in [6.07, 6.45) is 0. The average Bonchev–Trinajstić information content (AvgIpc) is 2.05. The van der Waals surface area contributed by atoms with E-state index in [4.69, 9.17) is 11.6 Å². The third-order valence-corrected chi connectivity index (χ3v) is 3.18. The second kappa shape index (κ2) is 4.57. The third kappa shape index (κ3) is 2.98. The second-order valence-corrected chi connectivity index (χ2v) is 6.02. The van der Waals surface area contributed by atoms with E-state index in [0.717, 1.165) is 5.02 Å². The maximum absolute atomic E-state index is 6.27. The Bertz CT molecular complexity index is 320. The van der Waals surface area contributed by atoms with Crippen LogP contribution in [0.3, 0.4) is 0 Å². The SMILES string of the molecule is CC(C)C(c1ccccc1Cl)C(C)(C)C. The Morgan fingerprint density at radius 2 is 1.60 bits per heavy atom. The van der Waals surface area contributed by atoms with E-state index in [2.05, 4.69) is 46.8 Å². The van der Waals surface area contributed by atoms with Gasteiger partial charge in [0.25, 0.3) is 0 Å². The van der Waals surface area contributed by atoms with Crippen LogP contribution in [-0.4, -0.2) is 0 Å². The fraction of sp³-hybridized carbons (Fsp3) is 0.571. The molecule has 84 valence electrons. The van der Waals surface area contributed by atoms with E-state index in [0.29, 0.717) is 11.8 Å². The lowest BCUT2D eigenvalue weighted by Crippen LogP contribution is -2.23. The largest absolute Gasteiger partial charge is 0.0840 e. The number of hydrogen-bond acceptors (Lipinski definition) is 0. The van der Waals surface area contributed by atoms with Crippen molar-refractivity contribution in [2.45, 2.75) is 40.5 Å². The molecule has 0 saturated carbocycles. The summed E-state index contributed by atoms with van der Waals surface area (Å²) in [6.45, 7) is 11.4. The summed E-state index contributed by atoms with van der Waals surface area (Å²) in [5.41, 5.74) is 1.53. The molecule has 0 aliphatic rings. The lowest BCUT2D eigenvalue weighted by molar-refractivity contribution is 0.258. The zero-order valence-electron chi connectivity index (χ0n) is 10.3. The molecule has 1 unspecified atom stereocenters. The highest BCUT2D eigenvalue weighted by atomic mass is 35.5. The van der Waals surface area contributed by atoms with Gasteiger partial charge in [-0.15, -0.1) is 0 Å². The Morgan fingerprint density at radius 1 is 1.07 bits per heavy atom. The van der Waals surface area contributed by atoms with Gasteiger partial charge in [-0.1, -0.05) is 64.4 Å². The number of rotatable bonds is 2. The van der Waals surface area contributed by atoms with Crippen LogP contribution in [0.25, 0.3) is 0 Å². The first-order valence-electron chi connectivity index (χ1n) is 5.58. The van der Waals surface area contributed by atoms with Gasteiger partial charge in [0.2, 0.25) is 0 Å². The van der Waals surface area contributed by atoms with E-state index in [1.54, 1.807) is 0 Å². The Balaban J connectivity index is 3.17. The molecule has 0 aliphatic carbocycles. The van der Waals surface area contributed by atoms with E-state index in [1.165, 1.54) is 5.56 Å². The molecular formula is C14H21Cl. The van der Waals surface area contributed by atoms with Gasteiger partial charge in [0, 0.05) is 5.02 Å². The highest BCUT2D eigenvalue weighted by Gasteiger charge is 2.30. The molecule has 0 N–H and O–H groups in total. The molecule has 0 aromatic heterocycles. The molecule has 1 rings (SSSR count). The van der Waals surface area contributed by atoms with E-state index < -0.39 is 0 Å². The zero-order chi connectivity index (χ0) is 11.6. The summed E-state index contributed by atoms with van der Waals surface area (Å²) in [4.78, 5) is 0. The maximum atomic E-state index is 6.27. The van der Waals surface area contributed by atoms with Gasteiger partial charge in [-0.3, -0.25) is 0 Å². The van der Waals surface area contributed by atoms with Gasteiger partial charge in [-0.25, -0.2) is 0 Å². The van der Waals surface area contributed by atoms with Gasteiger partial charge < -0.3 is 0 Å². The standard InChI is InChI=1S/C14H21Cl/c1-10(2)13(14(3,4)5)11-8-6-7-9-12(11)15/h6-10,13H,1-5H3. The highest BCUT2D eigenvalue weighted by Crippen LogP contribution is 2.42. The van der Waals surface area contributed by atoms with Crippen molar-refractivity contribution < 1.29 is 0 Å². The fourth-order valence-electron chi connectivity index (χ4n) is 2.55. The first-order valence-corrected chi connectivity index (χ1v) is 5.96. The third-order valence-electron chi connectivity index (χ3n) is 2.84. The molecule has 0 nitrogen and oxygen atoms in total. The quantitative estimate of drug-likeness (QED) is 0.654. The van der Waals surface area contributed by atoms with Gasteiger partial charge in [-0.05, 0) is 28.9 Å². The molecule has 0 fully saturated rings. The van der Waals surface area contributed by atoms with Crippen LogP contribution in [0.5, 0.6) is 0 Å². The predicted octanol–water partition coefficient (Wildman–Crippen LogP) is 5.13. The molecule has 15 heavy (non-hydrogen) atoms. The van der Waals surface area contributed by atoms with Crippen LogP contribution in [0.15, 0.2) is 24.3 Å². The van der Waals surface area contributed by atoms with Crippen molar-refractivity contribution in [3.63, 3.8) is 0 Å². The Kier molecular flexibility index (Phi) is 3.83. The van der Waals surface area contributed by atoms with Crippen molar-refractivity contribution >= 4 is 11.6 Å². The number of hydrogen-bond donors (Lipinski definition) is 0. The number of halogens is 1. The predicted molar refractivity (Wildman–Crippen MR) is 68.5 cm³/mol. The van der Waals surface area contributed by atoms with Crippen molar-refractivity contribution in [1.82, 2.24) is 0 Å². The Hall–Kier alpha value is -0.490. The molecule has 1 heteroatoms. The number of benzene rings is 1. The molecule has 0 bridgehead atoms. The molecule has 0 saturated heterocycles. The summed E-state index contributed by atoms with van der Waals surface area (Å²) >= 11 is 6.27. The molecule has 0 heterocycles. The van der Waals surface area contributed by atoms with Crippen LogP contribution in [-0.2, 0) is 0 Å². The molecule has 1 aromatic rings. The van der Waals surface area contributed by atoms with Crippen LogP contribution in [0.1, 0.15) is 46.1 Å². The van der Waals surface area contributed by atoms with Crippen molar-refractivity contribution in [2.75, 3.05) is 0 Å². The average molecular weight is 225 g/mol. The van der Waals surface area contributed by atoms with E-state index in [9.17, 15) is 0 Å². The van der Waals surface area contributed by atoms with Crippen LogP contribution in [0, 0.1) is 11.3 Å². The lowest BCUT2D eigenvalue weighted by atomic mass is 9.70. The van der Waals surface area contributed by atoms with Crippen molar-refractivity contribution in [3.8, 4) is 0 Å². The minimum Gasteiger partial charge on any atom is -0.0840 e. The summed E-state index contributed by atoms with van der Waals surface area (Å²) in [7, 11) is 0. The van der Waals surface area contributed by atoms with Gasteiger partial charge in [0.05, 0.1) is 0 Å². The fourth-order valence-corrected chi connectivity index (χ4v) is 2.81. The summed E-state index contributed by atoms with van der Waals surface area (Å²) < 4.78 is 0. The zero-order valence-corrected chi connectivity index (χ0v) is 11.1. The van der Waals surface area contributed by atoms with E-state index in [-0.39, 0.29) is 5.41 Å². The highest BCUT2D eigenvalue weighted by molar-refractivity contribution is 6.31. The van der Waals surface area contributed by atoms with Gasteiger partial charge in [-0.2, -0.15) is 0 Å². The topological polar surface area (TPSA) is 0 Å². The van der Waals surface area contributed by atoms with Crippen LogP contribution in [0.2, 0.25) is 5.02 Å². The minimum atomic E-state index is 0.249. The molecule has 0 radical (unpaired) electrons. The first-order chi connectivity index (χ1) is 6.84. The first kappa shape index (κ1) is 12.6. The monoisotopic (exact) mass is 224 g/mol. The minimum absolute atomic E-state index is 0.249. The maximum Gasteiger partial charge on any atom is 0.0441 e. The van der Waals surface area contributed by atoms with Crippen LogP contribution >= 0.6 is 11.6 Å². The van der Waals surface area contributed by atoms with Gasteiger partial charge >= 0.3 is 0 Å². The van der Waals surface area contributed by atoms with Crippen LogP contribution < -0.4 is 0 Å². The summed E-state index contributed by atoms with van der Waals surface area (Å²) in [5.74, 6) is 1.11. The van der Waals surface area contributed by atoms with Crippen molar-refractivity contribution in [3.05, 3.63) is 34.9 Å². The molecular weight excluding hydrogens is 204 g/mol. The molecule has 1 atom stereocenters. The molecule has 0 amide bonds. The van der Waals surface area contributed by atoms with E-state index >= 15 is 0 Å².